The van der Waals surface area contributed by atoms with Gasteiger partial charge in [-0.25, -0.2) is 9.97 Å². The minimum absolute atomic E-state index is 0. The van der Waals surface area contributed by atoms with Crippen LogP contribution in [0.5, 0.6) is 0 Å². The van der Waals surface area contributed by atoms with Crippen LogP contribution >= 0.6 is 0 Å². The maximum Gasteiger partial charge on any atom is 0.461 e. The van der Waals surface area contributed by atoms with Gasteiger partial charge in [-0.3, -0.25) is 9.59 Å². The van der Waals surface area contributed by atoms with Gasteiger partial charge in [0.25, 0.3) is 11.8 Å². The zero-order valence-electron chi connectivity index (χ0n) is 29.2. The summed E-state index contributed by atoms with van der Waals surface area (Å²) in [5.74, 6) is -16.8. The number of amides is 2. The number of nitrogens with zero attached hydrogens (tertiary/aromatic N) is 6. The van der Waals surface area contributed by atoms with Gasteiger partial charge in [-0.2, -0.15) is 53.0 Å². The second kappa shape index (κ2) is 16.5. The van der Waals surface area contributed by atoms with Crippen LogP contribution in [-0.2, 0) is 34.5 Å². The third-order valence-electron chi connectivity index (χ3n) is 7.88. The van der Waals surface area contributed by atoms with E-state index in [1.165, 1.54) is 71.9 Å². The molecule has 1 aromatic carbocycles. The Hall–Kier alpha value is -5.24. The SMILES string of the molecule is CN(C)C(=O)C[n+]1ccc(-c2nc(-c3ccc(-c4nc(-c5cc[n+](CC(=O)N(C)C)cc5)c(C(F)(F)C(F)(F)F)o4)cc3)oc2C(F)(F)C(F)(F)F)cc1.[Cl-].[Cl-]. The van der Waals surface area contributed by atoms with Crippen molar-refractivity contribution in [2.75, 3.05) is 28.2 Å². The number of hydrogen-bond acceptors (Lipinski definition) is 6. The lowest BCUT2D eigenvalue weighted by atomic mass is 10.1. The summed E-state index contributed by atoms with van der Waals surface area (Å²) in [6.45, 7) is -0.331. The summed E-state index contributed by atoms with van der Waals surface area (Å²) in [6, 6.07) is 8.83. The third kappa shape index (κ3) is 9.07. The van der Waals surface area contributed by atoms with Crippen LogP contribution in [0.3, 0.4) is 0 Å². The fourth-order valence-electron chi connectivity index (χ4n) is 4.75. The molecule has 2 amide bonds. The molecule has 0 radical (unpaired) electrons. The Kier molecular flexibility index (Phi) is 13.3. The number of alkyl halides is 10. The lowest BCUT2D eigenvalue weighted by Crippen LogP contribution is -3.00. The molecule has 0 saturated heterocycles. The van der Waals surface area contributed by atoms with Gasteiger partial charge in [-0.15, -0.1) is 0 Å². The Morgan fingerprint density at radius 3 is 1.07 bits per heavy atom. The van der Waals surface area contributed by atoms with Crippen molar-refractivity contribution in [2.45, 2.75) is 37.3 Å². The predicted molar refractivity (Wildman–Crippen MR) is 166 cm³/mol. The van der Waals surface area contributed by atoms with Crippen molar-refractivity contribution in [1.29, 1.82) is 0 Å². The van der Waals surface area contributed by atoms with Crippen LogP contribution in [0.1, 0.15) is 11.5 Å². The van der Waals surface area contributed by atoms with E-state index < -0.39 is 58.9 Å². The summed E-state index contributed by atoms with van der Waals surface area (Å²) in [5.41, 5.74) is -2.60. The van der Waals surface area contributed by atoms with Crippen LogP contribution in [0.25, 0.3) is 45.4 Å². The maximum absolute atomic E-state index is 14.7. The van der Waals surface area contributed by atoms with Crippen LogP contribution in [0, 0.1) is 0 Å². The third-order valence-corrected chi connectivity index (χ3v) is 7.88. The second-order valence-electron chi connectivity index (χ2n) is 12.2. The van der Waals surface area contributed by atoms with E-state index in [4.69, 9.17) is 8.83 Å². The number of rotatable bonds is 10. The van der Waals surface area contributed by atoms with Gasteiger partial charge in [-0.1, -0.05) is 0 Å². The number of benzene rings is 1. The summed E-state index contributed by atoms with van der Waals surface area (Å²) in [4.78, 5) is 34.4. The van der Waals surface area contributed by atoms with Gasteiger partial charge in [0, 0.05) is 74.7 Å². The van der Waals surface area contributed by atoms with Crippen molar-refractivity contribution >= 4 is 11.8 Å². The highest BCUT2D eigenvalue weighted by atomic mass is 35.5. The molecule has 0 fully saturated rings. The maximum atomic E-state index is 14.7. The summed E-state index contributed by atoms with van der Waals surface area (Å²) in [6.07, 6.45) is -7.16. The van der Waals surface area contributed by atoms with E-state index in [0.29, 0.717) is 0 Å². The van der Waals surface area contributed by atoms with Crippen LogP contribution in [0.2, 0.25) is 0 Å². The first-order valence-corrected chi connectivity index (χ1v) is 15.4. The molecule has 0 aliphatic rings. The standard InChI is InChI=1S/C34H28F10N6O4.2ClH/c1-47(2)23(51)17-49-13-9-19(10-14-49)25-27(31(35,36)33(39,40)41)53-29(45-25)21-5-7-22(8-6-21)30-46-26(28(54-30)32(37,38)34(42,43)44)20-11-15-50(16-12-20)18-24(52)48(3)4;;/h5-16H,17-18H2,1-4H3;2*1H/q+2;;/p-2. The summed E-state index contributed by atoms with van der Waals surface area (Å²) < 4.78 is 153. The molecule has 0 aliphatic carbocycles. The fourth-order valence-corrected chi connectivity index (χ4v) is 4.75. The lowest BCUT2D eigenvalue weighted by Gasteiger charge is -2.17. The molecule has 5 rings (SSSR count). The van der Waals surface area contributed by atoms with Crippen molar-refractivity contribution in [2.24, 2.45) is 0 Å². The normalized spacial score (nSPS) is 12.1. The Labute approximate surface area is 323 Å². The molecular formula is C34H28Cl2F10N6O4. The highest BCUT2D eigenvalue weighted by molar-refractivity contribution is 5.74. The molecule has 0 N–H and O–H groups in total. The zero-order valence-corrected chi connectivity index (χ0v) is 30.7. The topological polar surface area (TPSA) is 100 Å². The van der Waals surface area contributed by atoms with Gasteiger partial charge in [-0.05, 0) is 24.3 Å². The van der Waals surface area contributed by atoms with Crippen molar-refractivity contribution < 1.29 is 96.3 Å². The smallest absolute Gasteiger partial charge is 0.461 e. The molecule has 0 atom stereocenters. The largest absolute Gasteiger partial charge is 1.00 e. The molecule has 0 aliphatic heterocycles. The second-order valence-corrected chi connectivity index (χ2v) is 12.2. The van der Waals surface area contributed by atoms with Gasteiger partial charge >= 0.3 is 24.2 Å². The van der Waals surface area contributed by atoms with E-state index >= 15 is 0 Å². The minimum atomic E-state index is -6.10. The van der Waals surface area contributed by atoms with Crippen LogP contribution in [-0.4, -0.2) is 72.1 Å². The Morgan fingerprint density at radius 1 is 0.536 bits per heavy atom. The number of aromatic nitrogens is 4. The molecule has 0 saturated carbocycles. The average Bonchev–Trinajstić information content (AvgIpc) is 3.75. The monoisotopic (exact) mass is 844 g/mol. The summed E-state index contributed by atoms with van der Waals surface area (Å²) in [5, 5.41) is 0. The molecular weight excluding hydrogens is 817 g/mol. The first-order chi connectivity index (χ1) is 25.0. The Balaban J connectivity index is 0.00000420. The average molecular weight is 846 g/mol. The number of likely N-dealkylation sites (N-methyl/N-ethyl adjacent to an activating group) is 2. The van der Waals surface area contributed by atoms with Gasteiger partial charge in [0.15, 0.2) is 24.8 Å². The number of hydrogen-bond donors (Lipinski definition) is 0. The molecule has 22 heteroatoms. The summed E-state index contributed by atoms with van der Waals surface area (Å²) >= 11 is 0. The van der Waals surface area contributed by atoms with Crippen molar-refractivity contribution in [1.82, 2.24) is 19.8 Å². The minimum Gasteiger partial charge on any atom is -1.00 e. The molecule has 0 bridgehead atoms. The summed E-state index contributed by atoms with van der Waals surface area (Å²) in [7, 11) is 5.99. The van der Waals surface area contributed by atoms with E-state index in [1.807, 2.05) is 0 Å². The van der Waals surface area contributed by atoms with Gasteiger partial charge in [0.2, 0.25) is 36.4 Å². The molecule has 10 nitrogen and oxygen atoms in total. The zero-order chi connectivity index (χ0) is 40.0. The number of pyridine rings is 2. The molecule has 56 heavy (non-hydrogen) atoms. The van der Waals surface area contributed by atoms with E-state index in [1.54, 1.807) is 0 Å². The Morgan fingerprint density at radius 2 is 0.821 bits per heavy atom. The van der Waals surface area contributed by atoms with Crippen molar-refractivity contribution in [3.63, 3.8) is 0 Å². The number of carbonyl (C=O) groups is 2. The number of halogens is 12. The molecule has 302 valence electrons. The van der Waals surface area contributed by atoms with Crippen molar-refractivity contribution in [3.8, 4) is 45.4 Å². The predicted octanol–water partition coefficient (Wildman–Crippen LogP) is 0.398. The van der Waals surface area contributed by atoms with Crippen LogP contribution in [0.4, 0.5) is 43.9 Å². The Bertz CT molecular complexity index is 2000. The fraction of sp³-hybridized carbons (Fsp3) is 0.294. The number of carbonyl (C=O) groups excluding carboxylic acids is 2. The highest BCUT2D eigenvalue weighted by Crippen LogP contribution is 2.50. The first kappa shape index (κ1) is 45.2. The van der Waals surface area contributed by atoms with E-state index in [2.05, 4.69) is 9.97 Å². The van der Waals surface area contributed by atoms with Gasteiger partial charge in [0.1, 0.15) is 11.4 Å². The highest BCUT2D eigenvalue weighted by Gasteiger charge is 2.64. The van der Waals surface area contributed by atoms with E-state index in [0.717, 1.165) is 48.5 Å². The molecule has 0 spiro atoms. The van der Waals surface area contributed by atoms with Crippen LogP contribution in [0.15, 0.2) is 82.2 Å². The molecule has 4 aromatic heterocycles. The quantitative estimate of drug-likeness (QED) is 0.149. The number of oxazole rings is 2. The molecule has 4 heterocycles. The van der Waals surface area contributed by atoms with Gasteiger partial charge in [0.05, 0.1) is 0 Å². The molecule has 5 aromatic rings. The first-order valence-electron chi connectivity index (χ1n) is 15.4. The molecule has 0 unspecified atom stereocenters. The van der Waals surface area contributed by atoms with E-state index in [-0.39, 0.29) is 72.0 Å². The van der Waals surface area contributed by atoms with E-state index in [9.17, 15) is 53.5 Å². The van der Waals surface area contributed by atoms with Crippen molar-refractivity contribution in [3.05, 3.63) is 84.8 Å². The van der Waals surface area contributed by atoms with Gasteiger partial charge < -0.3 is 43.4 Å². The van der Waals surface area contributed by atoms with Crippen LogP contribution < -0.4 is 33.9 Å². The lowest BCUT2D eigenvalue weighted by molar-refractivity contribution is -0.685.